The standard InChI is InChI=1S/C10H6N2O/c11-5-7-1-2-10-8(3-7)4-9(6-13)12-10/h1-4,6,12H. The molecule has 13 heavy (non-hydrogen) atoms. The lowest BCUT2D eigenvalue weighted by atomic mass is 10.2. The molecule has 0 aliphatic heterocycles. The van der Waals surface area contributed by atoms with Crippen molar-refractivity contribution in [3.63, 3.8) is 0 Å². The van der Waals surface area contributed by atoms with Gasteiger partial charge in [-0.1, -0.05) is 0 Å². The summed E-state index contributed by atoms with van der Waals surface area (Å²) in [5.41, 5.74) is 2.01. The summed E-state index contributed by atoms with van der Waals surface area (Å²) in [7, 11) is 0. The number of carbonyl (C=O) groups is 1. The zero-order chi connectivity index (χ0) is 9.26. The molecule has 0 aliphatic carbocycles. The van der Waals surface area contributed by atoms with E-state index in [0.717, 1.165) is 17.2 Å². The zero-order valence-corrected chi connectivity index (χ0v) is 6.74. The maximum Gasteiger partial charge on any atom is 0.166 e. The van der Waals surface area contributed by atoms with Crippen LogP contribution in [0.5, 0.6) is 0 Å². The van der Waals surface area contributed by atoms with Crippen LogP contribution in [0.15, 0.2) is 24.3 Å². The lowest BCUT2D eigenvalue weighted by Gasteiger charge is -1.88. The second-order valence-electron chi connectivity index (χ2n) is 2.76. The second kappa shape index (κ2) is 2.76. The number of aromatic amines is 1. The highest BCUT2D eigenvalue weighted by Gasteiger charge is 1.99. The van der Waals surface area contributed by atoms with Crippen LogP contribution in [0.3, 0.4) is 0 Å². The number of nitrogens with zero attached hydrogens (tertiary/aromatic N) is 1. The average molecular weight is 170 g/mol. The second-order valence-corrected chi connectivity index (χ2v) is 2.76. The number of rotatable bonds is 1. The fraction of sp³-hybridized carbons (Fsp3) is 0. The molecule has 0 bridgehead atoms. The number of nitriles is 1. The van der Waals surface area contributed by atoms with Crippen LogP contribution in [0.25, 0.3) is 10.9 Å². The molecule has 2 rings (SSSR count). The van der Waals surface area contributed by atoms with E-state index in [1.54, 1.807) is 24.3 Å². The minimum Gasteiger partial charge on any atom is -0.352 e. The average Bonchev–Trinajstić information content (AvgIpc) is 2.58. The molecule has 2 aromatic rings. The fourth-order valence-corrected chi connectivity index (χ4v) is 1.29. The Hall–Kier alpha value is -2.08. The van der Waals surface area contributed by atoms with Crippen molar-refractivity contribution in [2.45, 2.75) is 0 Å². The monoisotopic (exact) mass is 170 g/mol. The molecule has 0 radical (unpaired) electrons. The first-order valence-electron chi connectivity index (χ1n) is 3.81. The first-order chi connectivity index (χ1) is 6.33. The van der Waals surface area contributed by atoms with Crippen molar-refractivity contribution < 1.29 is 4.79 Å². The largest absolute Gasteiger partial charge is 0.352 e. The van der Waals surface area contributed by atoms with Crippen LogP contribution in [0.1, 0.15) is 16.1 Å². The van der Waals surface area contributed by atoms with E-state index in [1.165, 1.54) is 0 Å². The van der Waals surface area contributed by atoms with Gasteiger partial charge in [0.25, 0.3) is 0 Å². The Morgan fingerprint density at radius 3 is 2.92 bits per heavy atom. The van der Waals surface area contributed by atoms with Crippen LogP contribution in [-0.2, 0) is 0 Å². The highest BCUT2D eigenvalue weighted by atomic mass is 16.1. The Morgan fingerprint density at radius 2 is 2.23 bits per heavy atom. The van der Waals surface area contributed by atoms with E-state index in [0.29, 0.717) is 11.3 Å². The third-order valence-corrected chi connectivity index (χ3v) is 1.90. The third kappa shape index (κ3) is 1.18. The van der Waals surface area contributed by atoms with E-state index in [-0.39, 0.29) is 0 Å². The van der Waals surface area contributed by atoms with Crippen molar-refractivity contribution >= 4 is 17.2 Å². The van der Waals surface area contributed by atoms with E-state index in [2.05, 4.69) is 4.98 Å². The number of benzene rings is 1. The molecule has 1 heterocycles. The summed E-state index contributed by atoms with van der Waals surface area (Å²) in [6.07, 6.45) is 0.756. The van der Waals surface area contributed by atoms with E-state index < -0.39 is 0 Å². The van der Waals surface area contributed by atoms with Gasteiger partial charge in [-0.25, -0.2) is 0 Å². The van der Waals surface area contributed by atoms with Crippen LogP contribution in [0.2, 0.25) is 0 Å². The van der Waals surface area contributed by atoms with Crippen molar-refractivity contribution in [1.82, 2.24) is 4.98 Å². The minimum atomic E-state index is 0.532. The molecule has 0 saturated heterocycles. The third-order valence-electron chi connectivity index (χ3n) is 1.90. The highest BCUT2D eigenvalue weighted by Crippen LogP contribution is 2.15. The van der Waals surface area contributed by atoms with Gasteiger partial charge in [-0.3, -0.25) is 4.79 Å². The Bertz CT molecular complexity index is 505. The maximum absolute atomic E-state index is 10.4. The molecule has 0 atom stereocenters. The molecule has 0 saturated carbocycles. The van der Waals surface area contributed by atoms with Crippen molar-refractivity contribution in [2.24, 2.45) is 0 Å². The molecule has 0 spiro atoms. The number of nitrogens with one attached hydrogen (secondary N) is 1. The van der Waals surface area contributed by atoms with Crippen molar-refractivity contribution in [3.8, 4) is 6.07 Å². The molecule has 1 N–H and O–H groups in total. The number of carbonyl (C=O) groups excluding carboxylic acids is 1. The summed E-state index contributed by atoms with van der Waals surface area (Å²) in [6.45, 7) is 0. The molecule has 1 aromatic heterocycles. The van der Waals surface area contributed by atoms with E-state index >= 15 is 0 Å². The van der Waals surface area contributed by atoms with Crippen LogP contribution in [0, 0.1) is 11.3 Å². The summed E-state index contributed by atoms with van der Waals surface area (Å²) < 4.78 is 0. The van der Waals surface area contributed by atoms with E-state index in [9.17, 15) is 4.79 Å². The molecule has 0 aliphatic rings. The molecular formula is C10H6N2O. The van der Waals surface area contributed by atoms with Crippen LogP contribution >= 0.6 is 0 Å². The number of H-pyrrole nitrogens is 1. The molecule has 0 amide bonds. The van der Waals surface area contributed by atoms with Gasteiger partial charge in [0.15, 0.2) is 6.29 Å². The molecule has 0 fully saturated rings. The highest BCUT2D eigenvalue weighted by molar-refractivity contribution is 5.88. The minimum absolute atomic E-state index is 0.532. The van der Waals surface area contributed by atoms with Crippen molar-refractivity contribution in [3.05, 3.63) is 35.5 Å². The van der Waals surface area contributed by atoms with Gasteiger partial charge in [-0.2, -0.15) is 5.26 Å². The van der Waals surface area contributed by atoms with Crippen LogP contribution in [-0.4, -0.2) is 11.3 Å². The van der Waals surface area contributed by atoms with Crippen molar-refractivity contribution in [1.29, 1.82) is 5.26 Å². The lowest BCUT2D eigenvalue weighted by Crippen LogP contribution is -1.74. The number of aldehydes is 1. The summed E-state index contributed by atoms with van der Waals surface area (Å²) in [5.74, 6) is 0. The summed E-state index contributed by atoms with van der Waals surface area (Å²) in [5, 5.41) is 9.52. The number of hydrogen-bond acceptors (Lipinski definition) is 2. The Morgan fingerprint density at radius 1 is 1.38 bits per heavy atom. The normalized spacial score (nSPS) is 9.77. The van der Waals surface area contributed by atoms with Gasteiger partial charge in [-0.05, 0) is 24.3 Å². The molecule has 62 valence electrons. The predicted molar refractivity (Wildman–Crippen MR) is 48.4 cm³/mol. The topological polar surface area (TPSA) is 56.6 Å². The first-order valence-corrected chi connectivity index (χ1v) is 3.81. The van der Waals surface area contributed by atoms with Gasteiger partial charge >= 0.3 is 0 Å². The van der Waals surface area contributed by atoms with Gasteiger partial charge in [0.05, 0.1) is 17.3 Å². The van der Waals surface area contributed by atoms with Gasteiger partial charge < -0.3 is 4.98 Å². The summed E-state index contributed by atoms with van der Waals surface area (Å²) >= 11 is 0. The number of fused-ring (bicyclic) bond motifs is 1. The number of hydrogen-bond donors (Lipinski definition) is 1. The Labute approximate surface area is 74.6 Å². The SMILES string of the molecule is N#Cc1ccc2[nH]c(C=O)cc2c1. The molecular weight excluding hydrogens is 164 g/mol. The first kappa shape index (κ1) is 7.56. The van der Waals surface area contributed by atoms with Crippen LogP contribution in [0.4, 0.5) is 0 Å². The van der Waals surface area contributed by atoms with Crippen LogP contribution < -0.4 is 0 Å². The predicted octanol–water partition coefficient (Wildman–Crippen LogP) is 1.85. The lowest BCUT2D eigenvalue weighted by molar-refractivity contribution is 0.112. The molecule has 0 unspecified atom stereocenters. The summed E-state index contributed by atoms with van der Waals surface area (Å²) in [4.78, 5) is 13.4. The Kier molecular flexibility index (Phi) is 1.60. The quantitative estimate of drug-likeness (QED) is 0.664. The Balaban J connectivity index is 2.72. The van der Waals surface area contributed by atoms with Gasteiger partial charge in [-0.15, -0.1) is 0 Å². The van der Waals surface area contributed by atoms with E-state index in [1.807, 2.05) is 6.07 Å². The summed E-state index contributed by atoms with van der Waals surface area (Å²) in [6, 6.07) is 9.03. The smallest absolute Gasteiger partial charge is 0.166 e. The molecule has 3 heteroatoms. The number of aromatic nitrogens is 1. The molecule has 3 nitrogen and oxygen atoms in total. The van der Waals surface area contributed by atoms with Gasteiger partial charge in [0.1, 0.15) is 0 Å². The zero-order valence-electron chi connectivity index (χ0n) is 6.74. The van der Waals surface area contributed by atoms with Crippen molar-refractivity contribution in [2.75, 3.05) is 0 Å². The fourth-order valence-electron chi connectivity index (χ4n) is 1.29. The van der Waals surface area contributed by atoms with Gasteiger partial charge in [0, 0.05) is 10.9 Å². The van der Waals surface area contributed by atoms with E-state index in [4.69, 9.17) is 5.26 Å². The maximum atomic E-state index is 10.4. The van der Waals surface area contributed by atoms with Gasteiger partial charge in [0.2, 0.25) is 0 Å². The molecule has 1 aromatic carbocycles.